The lowest BCUT2D eigenvalue weighted by Gasteiger charge is -2.41. The number of aromatic nitrogens is 1. The predicted octanol–water partition coefficient (Wildman–Crippen LogP) is 0.839. The number of thiazole rings is 1. The largest absolute Gasteiger partial charge is 0.378 e. The standard InChI is InChI=1S/C16H23N3O3S/c20-16(19-3-6-21-7-4-19)13-9-18(11-15-17-2-8-23-15)10-14-12(13)1-5-22-14/h2,8,12-14H,1,3-7,9-11H2/t12-,13-,14+/m0/s1. The highest BCUT2D eigenvalue weighted by atomic mass is 32.1. The van der Waals surface area contributed by atoms with Gasteiger partial charge in [0.05, 0.1) is 31.8 Å². The van der Waals surface area contributed by atoms with Gasteiger partial charge in [-0.25, -0.2) is 4.98 Å². The fourth-order valence-corrected chi connectivity index (χ4v) is 4.64. The van der Waals surface area contributed by atoms with Crippen molar-refractivity contribution < 1.29 is 14.3 Å². The normalized spacial score (nSPS) is 32.0. The zero-order valence-corrected chi connectivity index (χ0v) is 14.0. The first-order valence-corrected chi connectivity index (χ1v) is 9.28. The molecular weight excluding hydrogens is 314 g/mol. The van der Waals surface area contributed by atoms with Gasteiger partial charge in [-0.3, -0.25) is 9.69 Å². The molecule has 4 rings (SSSR count). The van der Waals surface area contributed by atoms with E-state index >= 15 is 0 Å². The topological polar surface area (TPSA) is 54.9 Å². The highest BCUT2D eigenvalue weighted by Crippen LogP contribution is 2.35. The van der Waals surface area contributed by atoms with Gasteiger partial charge in [-0.05, 0) is 6.42 Å². The Kier molecular flexibility index (Phi) is 4.61. The third-order valence-electron chi connectivity index (χ3n) is 5.15. The molecule has 3 aliphatic heterocycles. The predicted molar refractivity (Wildman–Crippen MR) is 86.1 cm³/mol. The van der Waals surface area contributed by atoms with E-state index < -0.39 is 0 Å². The summed E-state index contributed by atoms with van der Waals surface area (Å²) in [6.45, 7) is 6.10. The number of ether oxygens (including phenoxy) is 2. The van der Waals surface area contributed by atoms with Crippen LogP contribution in [-0.2, 0) is 20.8 Å². The molecule has 1 amide bonds. The van der Waals surface area contributed by atoms with Crippen molar-refractivity contribution in [3.63, 3.8) is 0 Å². The van der Waals surface area contributed by atoms with Gasteiger partial charge in [0.2, 0.25) is 5.91 Å². The molecule has 3 aliphatic rings. The minimum atomic E-state index is 0.0503. The maximum Gasteiger partial charge on any atom is 0.227 e. The molecule has 0 N–H and O–H groups in total. The fourth-order valence-electron chi connectivity index (χ4n) is 3.99. The molecule has 6 nitrogen and oxygen atoms in total. The van der Waals surface area contributed by atoms with Crippen LogP contribution >= 0.6 is 11.3 Å². The van der Waals surface area contributed by atoms with E-state index in [-0.39, 0.29) is 17.9 Å². The number of hydrogen-bond donors (Lipinski definition) is 0. The molecule has 3 saturated heterocycles. The Hall–Kier alpha value is -1.02. The van der Waals surface area contributed by atoms with Crippen LogP contribution in [0.4, 0.5) is 0 Å². The van der Waals surface area contributed by atoms with Gasteiger partial charge in [0.1, 0.15) is 5.01 Å². The van der Waals surface area contributed by atoms with E-state index in [0.717, 1.165) is 50.8 Å². The molecule has 3 fully saturated rings. The second-order valence-electron chi connectivity index (χ2n) is 6.53. The highest BCUT2D eigenvalue weighted by Gasteiger charge is 2.45. The van der Waals surface area contributed by atoms with Gasteiger partial charge in [0.25, 0.3) is 0 Å². The first-order chi connectivity index (χ1) is 11.3. The van der Waals surface area contributed by atoms with Crippen molar-refractivity contribution in [3.05, 3.63) is 16.6 Å². The molecule has 23 heavy (non-hydrogen) atoms. The van der Waals surface area contributed by atoms with E-state index in [9.17, 15) is 4.79 Å². The van der Waals surface area contributed by atoms with E-state index in [1.54, 1.807) is 11.3 Å². The van der Waals surface area contributed by atoms with Crippen LogP contribution in [0.5, 0.6) is 0 Å². The number of amides is 1. The van der Waals surface area contributed by atoms with Gasteiger partial charge in [0, 0.05) is 50.3 Å². The van der Waals surface area contributed by atoms with Crippen molar-refractivity contribution in [2.75, 3.05) is 46.0 Å². The highest BCUT2D eigenvalue weighted by molar-refractivity contribution is 7.09. The van der Waals surface area contributed by atoms with Crippen molar-refractivity contribution >= 4 is 17.2 Å². The minimum absolute atomic E-state index is 0.0503. The molecule has 0 aliphatic carbocycles. The average molecular weight is 337 g/mol. The van der Waals surface area contributed by atoms with E-state index in [2.05, 4.69) is 9.88 Å². The zero-order chi connectivity index (χ0) is 15.6. The number of fused-ring (bicyclic) bond motifs is 1. The molecule has 0 saturated carbocycles. The molecule has 0 aromatic carbocycles. The molecule has 126 valence electrons. The third-order valence-corrected chi connectivity index (χ3v) is 5.92. The summed E-state index contributed by atoms with van der Waals surface area (Å²) in [4.78, 5) is 21.7. The molecule has 0 bridgehead atoms. The zero-order valence-electron chi connectivity index (χ0n) is 13.2. The first kappa shape index (κ1) is 15.5. The van der Waals surface area contributed by atoms with E-state index in [4.69, 9.17) is 9.47 Å². The maximum absolute atomic E-state index is 13.0. The number of carbonyl (C=O) groups is 1. The molecule has 7 heteroatoms. The number of rotatable bonds is 3. The Morgan fingerprint density at radius 2 is 2.17 bits per heavy atom. The molecule has 0 unspecified atom stereocenters. The van der Waals surface area contributed by atoms with Gasteiger partial charge in [0.15, 0.2) is 0 Å². The molecule has 0 spiro atoms. The van der Waals surface area contributed by atoms with Crippen LogP contribution in [0.15, 0.2) is 11.6 Å². The monoisotopic (exact) mass is 337 g/mol. The van der Waals surface area contributed by atoms with Crippen LogP contribution in [0.25, 0.3) is 0 Å². The van der Waals surface area contributed by atoms with Crippen LogP contribution in [0, 0.1) is 11.8 Å². The molecule has 1 aromatic heterocycles. The number of likely N-dealkylation sites (tertiary alicyclic amines) is 1. The molecule has 3 atom stereocenters. The molecule has 1 aromatic rings. The Labute approximate surface area is 140 Å². The smallest absolute Gasteiger partial charge is 0.227 e. The lowest BCUT2D eigenvalue weighted by molar-refractivity contribution is -0.146. The third kappa shape index (κ3) is 3.28. The van der Waals surface area contributed by atoms with Crippen LogP contribution < -0.4 is 0 Å². The van der Waals surface area contributed by atoms with Crippen LogP contribution in [0.2, 0.25) is 0 Å². The fraction of sp³-hybridized carbons (Fsp3) is 0.750. The molecule has 0 radical (unpaired) electrons. The number of morpholine rings is 1. The summed E-state index contributed by atoms with van der Waals surface area (Å²) in [5.41, 5.74) is 0. The van der Waals surface area contributed by atoms with Crippen molar-refractivity contribution in [3.8, 4) is 0 Å². The van der Waals surface area contributed by atoms with Gasteiger partial charge < -0.3 is 14.4 Å². The first-order valence-electron chi connectivity index (χ1n) is 8.40. The Morgan fingerprint density at radius 3 is 2.96 bits per heavy atom. The van der Waals surface area contributed by atoms with E-state index in [1.807, 2.05) is 16.5 Å². The second kappa shape index (κ2) is 6.84. The summed E-state index contributed by atoms with van der Waals surface area (Å²) in [6, 6.07) is 0. The Bertz CT molecular complexity index is 533. The van der Waals surface area contributed by atoms with E-state index in [0.29, 0.717) is 19.1 Å². The van der Waals surface area contributed by atoms with Crippen LogP contribution in [-0.4, -0.2) is 72.8 Å². The van der Waals surface area contributed by atoms with Gasteiger partial charge in [-0.2, -0.15) is 0 Å². The van der Waals surface area contributed by atoms with Gasteiger partial charge in [-0.1, -0.05) is 0 Å². The number of nitrogens with zero attached hydrogens (tertiary/aromatic N) is 3. The second-order valence-corrected chi connectivity index (χ2v) is 7.50. The van der Waals surface area contributed by atoms with Crippen LogP contribution in [0.1, 0.15) is 11.4 Å². The van der Waals surface area contributed by atoms with Gasteiger partial charge >= 0.3 is 0 Å². The molecule has 4 heterocycles. The summed E-state index contributed by atoms with van der Waals surface area (Å²) in [5.74, 6) is 0.713. The Balaban J connectivity index is 1.47. The summed E-state index contributed by atoms with van der Waals surface area (Å²) in [6.07, 6.45) is 3.05. The van der Waals surface area contributed by atoms with Crippen LogP contribution in [0.3, 0.4) is 0 Å². The Morgan fingerprint density at radius 1 is 1.30 bits per heavy atom. The average Bonchev–Trinajstić information content (AvgIpc) is 3.26. The summed E-state index contributed by atoms with van der Waals surface area (Å²) < 4.78 is 11.3. The summed E-state index contributed by atoms with van der Waals surface area (Å²) in [7, 11) is 0. The van der Waals surface area contributed by atoms with E-state index in [1.165, 1.54) is 0 Å². The van der Waals surface area contributed by atoms with Crippen molar-refractivity contribution in [2.45, 2.75) is 19.1 Å². The number of piperidine rings is 1. The quantitative estimate of drug-likeness (QED) is 0.818. The maximum atomic E-state index is 13.0. The number of hydrogen-bond acceptors (Lipinski definition) is 6. The van der Waals surface area contributed by atoms with Crippen molar-refractivity contribution in [2.24, 2.45) is 11.8 Å². The van der Waals surface area contributed by atoms with Crippen molar-refractivity contribution in [1.82, 2.24) is 14.8 Å². The minimum Gasteiger partial charge on any atom is -0.378 e. The van der Waals surface area contributed by atoms with Crippen molar-refractivity contribution in [1.29, 1.82) is 0 Å². The SMILES string of the molecule is O=C([C@H]1CN(Cc2nccs2)C[C@H]2OCC[C@@H]12)N1CCOCC1. The number of carbonyl (C=O) groups excluding carboxylic acids is 1. The summed E-state index contributed by atoms with van der Waals surface area (Å²) in [5, 5.41) is 3.11. The lowest BCUT2D eigenvalue weighted by Crippen LogP contribution is -2.54. The molecular formula is C16H23N3O3S. The summed E-state index contributed by atoms with van der Waals surface area (Å²) >= 11 is 1.67. The lowest BCUT2D eigenvalue weighted by atomic mass is 9.81. The van der Waals surface area contributed by atoms with Gasteiger partial charge in [-0.15, -0.1) is 11.3 Å².